The standard InChI is InChI=1S/C25H30F2N4O3S2/c1-35-15-10-22-23(32)31(17-19-4-8-21(27)9-5-19)25(29-22)11-13-30(14-12-25)36-34-24(33)28-16-18-2-6-20(26)7-3-18/h2-9,22,29H,10-17H2,1H3,(H,28,33). The van der Waals surface area contributed by atoms with Crippen LogP contribution in [0.25, 0.3) is 0 Å². The minimum absolute atomic E-state index is 0.0749. The molecule has 194 valence electrons. The third-order valence-corrected chi connectivity index (χ3v) is 7.95. The summed E-state index contributed by atoms with van der Waals surface area (Å²) in [5, 5.41) is 6.26. The lowest BCUT2D eigenvalue weighted by atomic mass is 9.96. The molecule has 2 aliphatic heterocycles. The summed E-state index contributed by atoms with van der Waals surface area (Å²) in [4.78, 5) is 27.3. The molecule has 0 saturated carbocycles. The Morgan fingerprint density at radius 1 is 1.08 bits per heavy atom. The van der Waals surface area contributed by atoms with Gasteiger partial charge in [0.15, 0.2) is 12.2 Å². The van der Waals surface area contributed by atoms with E-state index in [0.717, 1.165) is 35.5 Å². The van der Waals surface area contributed by atoms with Crippen LogP contribution in [0.2, 0.25) is 0 Å². The first-order valence-electron chi connectivity index (χ1n) is 11.8. The van der Waals surface area contributed by atoms with Gasteiger partial charge < -0.3 is 14.4 Å². The van der Waals surface area contributed by atoms with Gasteiger partial charge in [0.05, 0.1) is 11.7 Å². The Morgan fingerprint density at radius 2 is 1.69 bits per heavy atom. The zero-order chi connectivity index (χ0) is 25.5. The number of amides is 2. The van der Waals surface area contributed by atoms with Crippen LogP contribution in [0, 0.1) is 11.6 Å². The van der Waals surface area contributed by atoms with E-state index in [4.69, 9.17) is 4.18 Å². The van der Waals surface area contributed by atoms with Crippen LogP contribution in [-0.4, -0.2) is 58.0 Å². The number of carbonyl (C=O) groups is 2. The molecule has 0 bridgehead atoms. The molecule has 2 amide bonds. The van der Waals surface area contributed by atoms with E-state index >= 15 is 0 Å². The molecule has 1 unspecified atom stereocenters. The van der Waals surface area contributed by atoms with Crippen molar-refractivity contribution in [3.05, 3.63) is 71.3 Å². The highest BCUT2D eigenvalue weighted by Gasteiger charge is 2.51. The van der Waals surface area contributed by atoms with Crippen molar-refractivity contribution in [1.29, 1.82) is 0 Å². The van der Waals surface area contributed by atoms with Gasteiger partial charge in [0.2, 0.25) is 5.91 Å². The van der Waals surface area contributed by atoms with Crippen LogP contribution in [0.4, 0.5) is 13.6 Å². The first-order chi connectivity index (χ1) is 17.4. The van der Waals surface area contributed by atoms with E-state index in [2.05, 4.69) is 10.6 Å². The second-order valence-corrected chi connectivity index (χ2v) is 10.7. The van der Waals surface area contributed by atoms with Gasteiger partial charge in [0, 0.05) is 26.2 Å². The molecule has 1 spiro atoms. The number of benzene rings is 2. The fourth-order valence-corrected chi connectivity index (χ4v) is 5.57. The predicted octanol–water partition coefficient (Wildman–Crippen LogP) is 4.30. The van der Waals surface area contributed by atoms with Gasteiger partial charge in [-0.2, -0.15) is 11.8 Å². The molecule has 11 heteroatoms. The van der Waals surface area contributed by atoms with Gasteiger partial charge in [-0.15, -0.1) is 0 Å². The summed E-state index contributed by atoms with van der Waals surface area (Å²) < 4.78 is 33.6. The maximum absolute atomic E-state index is 13.4. The number of piperidine rings is 1. The van der Waals surface area contributed by atoms with E-state index in [1.807, 2.05) is 15.5 Å². The van der Waals surface area contributed by atoms with Crippen molar-refractivity contribution >= 4 is 36.0 Å². The highest BCUT2D eigenvalue weighted by molar-refractivity contribution is 7.98. The summed E-state index contributed by atoms with van der Waals surface area (Å²) in [6.07, 6.45) is 3.54. The normalized spacial score (nSPS) is 19.6. The lowest BCUT2D eigenvalue weighted by Gasteiger charge is -2.43. The molecule has 2 aromatic carbocycles. The van der Waals surface area contributed by atoms with E-state index < -0.39 is 11.8 Å². The average molecular weight is 537 g/mol. The number of rotatable bonds is 9. The molecule has 2 heterocycles. The highest BCUT2D eigenvalue weighted by atomic mass is 32.2. The molecule has 0 aliphatic carbocycles. The molecule has 2 N–H and O–H groups in total. The summed E-state index contributed by atoms with van der Waals surface area (Å²) in [6.45, 7) is 1.89. The minimum atomic E-state index is -0.575. The van der Waals surface area contributed by atoms with Crippen molar-refractivity contribution in [2.24, 2.45) is 0 Å². The van der Waals surface area contributed by atoms with E-state index in [1.54, 1.807) is 36.0 Å². The lowest BCUT2D eigenvalue weighted by Crippen LogP contribution is -2.57. The van der Waals surface area contributed by atoms with Crippen molar-refractivity contribution in [3.8, 4) is 0 Å². The Hall–Kier alpha value is -2.34. The van der Waals surface area contributed by atoms with Crippen LogP contribution >= 0.6 is 24.0 Å². The number of hydrogen-bond acceptors (Lipinski definition) is 7. The number of thioether (sulfide) groups is 1. The van der Waals surface area contributed by atoms with E-state index in [0.29, 0.717) is 32.5 Å². The summed E-state index contributed by atoms with van der Waals surface area (Å²) >= 11 is 2.70. The first-order valence-corrected chi connectivity index (χ1v) is 13.9. The smallest absolute Gasteiger partial charge is 0.358 e. The second-order valence-electron chi connectivity index (χ2n) is 8.92. The number of halogens is 2. The summed E-state index contributed by atoms with van der Waals surface area (Å²) in [7, 11) is 0. The Labute approximate surface area is 218 Å². The summed E-state index contributed by atoms with van der Waals surface area (Å²) in [5.74, 6) is 0.326. The SMILES string of the molecule is CSCCC1NC2(CCN(SOC(=O)NCc3ccc(F)cc3)CC2)N(Cc2ccc(F)cc2)C1=O. The summed E-state index contributed by atoms with van der Waals surface area (Å²) in [5.41, 5.74) is 1.16. The average Bonchev–Trinajstić information content (AvgIpc) is 3.13. The number of carbonyl (C=O) groups excluding carboxylic acids is 2. The van der Waals surface area contributed by atoms with Crippen LogP contribution in [-0.2, 0) is 22.1 Å². The second kappa shape index (κ2) is 12.3. The largest absolute Gasteiger partial charge is 0.420 e. The van der Waals surface area contributed by atoms with Crippen LogP contribution in [0.15, 0.2) is 48.5 Å². The molecule has 2 saturated heterocycles. The zero-order valence-electron chi connectivity index (χ0n) is 20.0. The monoisotopic (exact) mass is 536 g/mol. The zero-order valence-corrected chi connectivity index (χ0v) is 21.7. The lowest BCUT2D eigenvalue weighted by molar-refractivity contribution is -0.134. The third-order valence-electron chi connectivity index (χ3n) is 6.51. The van der Waals surface area contributed by atoms with Gasteiger partial charge in [0.25, 0.3) is 0 Å². The van der Waals surface area contributed by atoms with Gasteiger partial charge in [-0.25, -0.2) is 17.9 Å². The van der Waals surface area contributed by atoms with Gasteiger partial charge in [-0.1, -0.05) is 24.3 Å². The first kappa shape index (κ1) is 26.7. The molecular weight excluding hydrogens is 506 g/mol. The Morgan fingerprint density at radius 3 is 2.31 bits per heavy atom. The molecule has 0 aromatic heterocycles. The third kappa shape index (κ3) is 6.70. The molecular formula is C25H30F2N4O3S2. The van der Waals surface area contributed by atoms with Crippen LogP contribution in [0.3, 0.4) is 0 Å². The van der Waals surface area contributed by atoms with E-state index in [1.165, 1.54) is 24.3 Å². The molecule has 7 nitrogen and oxygen atoms in total. The Balaban J connectivity index is 1.31. The van der Waals surface area contributed by atoms with Crippen LogP contribution in [0.5, 0.6) is 0 Å². The summed E-state index contributed by atoms with van der Waals surface area (Å²) in [6, 6.07) is 11.9. The molecule has 2 aliphatic rings. The van der Waals surface area contributed by atoms with Crippen molar-refractivity contribution in [2.45, 2.75) is 44.1 Å². The highest BCUT2D eigenvalue weighted by Crippen LogP contribution is 2.36. The fourth-order valence-electron chi connectivity index (χ4n) is 4.53. The number of nitrogens with one attached hydrogen (secondary N) is 2. The van der Waals surface area contributed by atoms with Gasteiger partial charge in [-0.3, -0.25) is 10.1 Å². The number of nitrogens with zero attached hydrogens (tertiary/aromatic N) is 2. The molecule has 0 radical (unpaired) electrons. The van der Waals surface area contributed by atoms with Crippen LogP contribution < -0.4 is 10.6 Å². The molecule has 4 rings (SSSR count). The maximum Gasteiger partial charge on any atom is 0.420 e. The molecule has 2 aromatic rings. The van der Waals surface area contributed by atoms with Crippen LogP contribution in [0.1, 0.15) is 30.4 Å². The van der Waals surface area contributed by atoms with Crippen molar-refractivity contribution in [3.63, 3.8) is 0 Å². The molecule has 2 fully saturated rings. The van der Waals surface area contributed by atoms with Crippen molar-refractivity contribution in [1.82, 2.24) is 19.8 Å². The maximum atomic E-state index is 13.4. The molecule has 1 atom stereocenters. The van der Waals surface area contributed by atoms with E-state index in [-0.39, 0.29) is 30.1 Å². The minimum Gasteiger partial charge on any atom is -0.358 e. The Bertz CT molecular complexity index is 1030. The quantitative estimate of drug-likeness (QED) is 0.366. The number of hydrogen-bond donors (Lipinski definition) is 2. The van der Waals surface area contributed by atoms with Crippen molar-refractivity contribution < 1.29 is 22.6 Å². The Kier molecular flexibility index (Phi) is 9.10. The topological polar surface area (TPSA) is 73.9 Å². The van der Waals surface area contributed by atoms with Crippen molar-refractivity contribution in [2.75, 3.05) is 25.1 Å². The fraction of sp³-hybridized carbons (Fsp3) is 0.440. The molecule has 36 heavy (non-hydrogen) atoms. The van der Waals surface area contributed by atoms with Gasteiger partial charge in [0.1, 0.15) is 11.6 Å². The van der Waals surface area contributed by atoms with Gasteiger partial charge in [-0.05, 0) is 66.7 Å². The predicted molar refractivity (Wildman–Crippen MR) is 138 cm³/mol. The van der Waals surface area contributed by atoms with Gasteiger partial charge >= 0.3 is 6.09 Å². The van der Waals surface area contributed by atoms with E-state index in [9.17, 15) is 18.4 Å².